The van der Waals surface area contributed by atoms with Crippen molar-refractivity contribution < 1.29 is 4.79 Å². The van der Waals surface area contributed by atoms with E-state index in [2.05, 4.69) is 65.6 Å². The molecule has 2 N–H and O–H groups in total. The highest BCUT2D eigenvalue weighted by atomic mass is 16.1. The third-order valence-electron chi connectivity index (χ3n) is 4.61. The lowest BCUT2D eigenvalue weighted by molar-refractivity contribution is -0.118. The van der Waals surface area contributed by atoms with Crippen molar-refractivity contribution in [2.24, 2.45) is 5.73 Å². The molecular formula is C21H24N2O. The smallest absolute Gasteiger partial charge is 0.218 e. The molecule has 0 unspecified atom stereocenters. The van der Waals surface area contributed by atoms with Gasteiger partial charge in [0.05, 0.1) is 0 Å². The normalized spacial score (nSPS) is 15.2. The Morgan fingerprint density at radius 2 is 1.38 bits per heavy atom. The maximum Gasteiger partial charge on any atom is 0.218 e. The molecule has 24 heavy (non-hydrogen) atoms. The number of nitrogens with zero attached hydrogens (tertiary/aromatic N) is 1. The van der Waals surface area contributed by atoms with E-state index < -0.39 is 0 Å². The summed E-state index contributed by atoms with van der Waals surface area (Å²) in [7, 11) is 0. The van der Waals surface area contributed by atoms with Gasteiger partial charge < -0.3 is 10.6 Å². The van der Waals surface area contributed by atoms with Gasteiger partial charge in [-0.15, -0.1) is 0 Å². The Morgan fingerprint density at radius 3 is 1.83 bits per heavy atom. The first-order valence-corrected chi connectivity index (χ1v) is 8.57. The second kappa shape index (κ2) is 7.93. The molecule has 0 aromatic heterocycles. The largest absolute Gasteiger partial charge is 0.370 e. The van der Waals surface area contributed by atoms with Crippen LogP contribution in [0.15, 0.2) is 66.2 Å². The van der Waals surface area contributed by atoms with Crippen LogP contribution in [0.25, 0.3) is 5.57 Å². The van der Waals surface area contributed by atoms with E-state index in [1.54, 1.807) is 0 Å². The number of nitrogens with two attached hydrogens (primary N) is 1. The number of amides is 1. The van der Waals surface area contributed by atoms with E-state index in [1.165, 1.54) is 22.3 Å². The fraction of sp³-hybridized carbons (Fsp3) is 0.286. The second-order valence-corrected chi connectivity index (χ2v) is 6.27. The van der Waals surface area contributed by atoms with E-state index in [4.69, 9.17) is 5.73 Å². The average molecular weight is 320 g/mol. The fourth-order valence-corrected chi connectivity index (χ4v) is 3.35. The number of benzene rings is 2. The maximum atomic E-state index is 11.0. The lowest BCUT2D eigenvalue weighted by Gasteiger charge is -2.30. The molecule has 0 spiro atoms. The van der Waals surface area contributed by atoms with Crippen LogP contribution in [0.2, 0.25) is 0 Å². The third kappa shape index (κ3) is 4.12. The van der Waals surface area contributed by atoms with Gasteiger partial charge in [0, 0.05) is 26.1 Å². The zero-order valence-electron chi connectivity index (χ0n) is 13.9. The second-order valence-electron chi connectivity index (χ2n) is 6.27. The van der Waals surface area contributed by atoms with Crippen LogP contribution in [-0.4, -0.2) is 30.4 Å². The summed E-state index contributed by atoms with van der Waals surface area (Å²) in [5.74, 6) is -0.217. The van der Waals surface area contributed by atoms with Gasteiger partial charge in [-0.2, -0.15) is 0 Å². The van der Waals surface area contributed by atoms with Crippen molar-refractivity contribution >= 4 is 11.5 Å². The molecule has 0 radical (unpaired) electrons. The van der Waals surface area contributed by atoms with Gasteiger partial charge in [-0.1, -0.05) is 66.2 Å². The third-order valence-corrected chi connectivity index (χ3v) is 4.61. The molecule has 0 bridgehead atoms. The molecule has 1 amide bonds. The van der Waals surface area contributed by atoms with Gasteiger partial charge in [0.2, 0.25) is 5.91 Å². The van der Waals surface area contributed by atoms with Gasteiger partial charge >= 0.3 is 0 Å². The Balaban J connectivity index is 1.84. The van der Waals surface area contributed by atoms with E-state index in [0.29, 0.717) is 6.42 Å². The van der Waals surface area contributed by atoms with Crippen LogP contribution >= 0.6 is 0 Å². The average Bonchev–Trinajstić information content (AvgIpc) is 2.63. The SMILES string of the molecule is NC(=O)CCN1CCC(=C(c2ccccc2)c2ccccc2)CC1. The lowest BCUT2D eigenvalue weighted by atomic mass is 9.88. The molecule has 3 rings (SSSR count). The van der Waals surface area contributed by atoms with Crippen LogP contribution in [0.4, 0.5) is 0 Å². The summed E-state index contributed by atoms with van der Waals surface area (Å²) in [5.41, 5.74) is 10.7. The Bertz CT molecular complexity index is 656. The Kier molecular flexibility index (Phi) is 5.44. The van der Waals surface area contributed by atoms with Crippen LogP contribution in [0.3, 0.4) is 0 Å². The Hall–Kier alpha value is -2.39. The van der Waals surface area contributed by atoms with Crippen LogP contribution < -0.4 is 5.73 Å². The van der Waals surface area contributed by atoms with Crippen molar-refractivity contribution in [1.29, 1.82) is 0 Å². The van der Waals surface area contributed by atoms with Crippen molar-refractivity contribution in [3.8, 4) is 0 Å². The molecule has 1 fully saturated rings. The van der Waals surface area contributed by atoms with E-state index in [-0.39, 0.29) is 5.91 Å². The van der Waals surface area contributed by atoms with Crippen molar-refractivity contribution in [2.45, 2.75) is 19.3 Å². The molecule has 2 aromatic carbocycles. The minimum absolute atomic E-state index is 0.217. The molecule has 0 atom stereocenters. The molecular weight excluding hydrogens is 296 g/mol. The molecule has 2 aromatic rings. The molecule has 1 aliphatic rings. The zero-order valence-corrected chi connectivity index (χ0v) is 13.9. The van der Waals surface area contributed by atoms with Gasteiger partial charge in [0.1, 0.15) is 0 Å². The van der Waals surface area contributed by atoms with Crippen LogP contribution in [-0.2, 0) is 4.79 Å². The topological polar surface area (TPSA) is 46.3 Å². The molecule has 3 heteroatoms. The number of carbonyl (C=O) groups excluding carboxylic acids is 1. The zero-order chi connectivity index (χ0) is 16.8. The van der Waals surface area contributed by atoms with Crippen molar-refractivity contribution in [3.05, 3.63) is 77.4 Å². The van der Waals surface area contributed by atoms with Gasteiger partial charge in [-0.25, -0.2) is 0 Å². The van der Waals surface area contributed by atoms with Crippen LogP contribution in [0.5, 0.6) is 0 Å². The summed E-state index contributed by atoms with van der Waals surface area (Å²) in [4.78, 5) is 13.3. The number of piperidine rings is 1. The molecule has 1 aliphatic heterocycles. The Labute approximate surface area is 143 Å². The minimum atomic E-state index is -0.217. The highest BCUT2D eigenvalue weighted by Crippen LogP contribution is 2.32. The van der Waals surface area contributed by atoms with Gasteiger partial charge in [0.25, 0.3) is 0 Å². The van der Waals surface area contributed by atoms with Crippen molar-refractivity contribution in [2.75, 3.05) is 19.6 Å². The monoisotopic (exact) mass is 320 g/mol. The van der Waals surface area contributed by atoms with E-state index in [1.807, 2.05) is 0 Å². The number of primary amides is 1. The minimum Gasteiger partial charge on any atom is -0.370 e. The van der Waals surface area contributed by atoms with E-state index >= 15 is 0 Å². The van der Waals surface area contributed by atoms with E-state index in [9.17, 15) is 4.79 Å². The van der Waals surface area contributed by atoms with Gasteiger partial charge in [-0.05, 0) is 29.5 Å². The van der Waals surface area contributed by atoms with E-state index in [0.717, 1.165) is 32.5 Å². The van der Waals surface area contributed by atoms with Gasteiger partial charge in [-0.3, -0.25) is 4.79 Å². The summed E-state index contributed by atoms with van der Waals surface area (Å²) < 4.78 is 0. The molecule has 3 nitrogen and oxygen atoms in total. The number of likely N-dealkylation sites (tertiary alicyclic amines) is 1. The number of carbonyl (C=O) groups is 1. The highest BCUT2D eigenvalue weighted by molar-refractivity contribution is 5.82. The first-order chi connectivity index (χ1) is 11.7. The summed E-state index contributed by atoms with van der Waals surface area (Å²) in [6.45, 7) is 2.76. The number of hydrogen-bond donors (Lipinski definition) is 1. The van der Waals surface area contributed by atoms with Crippen LogP contribution in [0.1, 0.15) is 30.4 Å². The van der Waals surface area contributed by atoms with Gasteiger partial charge in [0.15, 0.2) is 0 Å². The predicted octanol–water partition coefficient (Wildman–Crippen LogP) is 3.46. The number of hydrogen-bond acceptors (Lipinski definition) is 2. The Morgan fingerprint density at radius 1 is 0.875 bits per heavy atom. The molecule has 0 aliphatic carbocycles. The lowest BCUT2D eigenvalue weighted by Crippen LogP contribution is -2.33. The summed E-state index contributed by atoms with van der Waals surface area (Å²) in [5, 5.41) is 0. The van der Waals surface area contributed by atoms with Crippen molar-refractivity contribution in [3.63, 3.8) is 0 Å². The van der Waals surface area contributed by atoms with Crippen LogP contribution in [0, 0.1) is 0 Å². The highest BCUT2D eigenvalue weighted by Gasteiger charge is 2.19. The first kappa shape index (κ1) is 16.5. The predicted molar refractivity (Wildman–Crippen MR) is 98.4 cm³/mol. The first-order valence-electron chi connectivity index (χ1n) is 8.57. The maximum absolute atomic E-state index is 11.0. The fourth-order valence-electron chi connectivity index (χ4n) is 3.35. The molecule has 0 saturated carbocycles. The number of rotatable bonds is 5. The quantitative estimate of drug-likeness (QED) is 0.917. The molecule has 1 saturated heterocycles. The van der Waals surface area contributed by atoms with Crippen molar-refractivity contribution in [1.82, 2.24) is 4.90 Å². The summed E-state index contributed by atoms with van der Waals surface area (Å²) in [6, 6.07) is 21.3. The standard InChI is InChI=1S/C21H24N2O/c22-20(24)13-16-23-14-11-19(12-15-23)21(17-7-3-1-4-8-17)18-9-5-2-6-10-18/h1-10H,11-16H2,(H2,22,24). The summed E-state index contributed by atoms with van der Waals surface area (Å²) >= 11 is 0. The molecule has 124 valence electrons. The molecule has 1 heterocycles. The summed E-state index contributed by atoms with van der Waals surface area (Å²) in [6.07, 6.45) is 2.53.